The maximum Gasteiger partial charge on any atom is 0.270 e. The molecule has 114 valence electrons. The van der Waals surface area contributed by atoms with E-state index in [-0.39, 0.29) is 5.91 Å². The minimum atomic E-state index is -0.143. The number of amides is 1. The molecule has 4 rings (SSSR count). The first kappa shape index (κ1) is 13.9. The van der Waals surface area contributed by atoms with Crippen LogP contribution >= 0.6 is 11.6 Å². The van der Waals surface area contributed by atoms with Crippen molar-refractivity contribution in [3.63, 3.8) is 0 Å². The van der Waals surface area contributed by atoms with Gasteiger partial charge in [-0.3, -0.25) is 19.4 Å². The molecule has 0 bridgehead atoms. The molecular formula is C16H12ClN5O. The maximum atomic E-state index is 12.4. The van der Waals surface area contributed by atoms with E-state index >= 15 is 0 Å². The van der Waals surface area contributed by atoms with E-state index in [1.165, 1.54) is 0 Å². The second-order valence-corrected chi connectivity index (χ2v) is 5.59. The van der Waals surface area contributed by atoms with Gasteiger partial charge in [-0.1, -0.05) is 11.6 Å². The van der Waals surface area contributed by atoms with Crippen LogP contribution in [0.4, 0.5) is 0 Å². The Morgan fingerprint density at radius 2 is 2.00 bits per heavy atom. The van der Waals surface area contributed by atoms with Crippen molar-refractivity contribution in [2.75, 3.05) is 6.54 Å². The van der Waals surface area contributed by atoms with Crippen molar-refractivity contribution in [1.29, 1.82) is 0 Å². The molecule has 0 aromatic carbocycles. The van der Waals surface area contributed by atoms with Crippen molar-refractivity contribution in [3.8, 4) is 22.5 Å². The molecule has 0 saturated carbocycles. The third-order valence-corrected chi connectivity index (χ3v) is 3.94. The lowest BCUT2D eigenvalue weighted by Crippen LogP contribution is -2.35. The van der Waals surface area contributed by atoms with Gasteiger partial charge in [-0.25, -0.2) is 0 Å². The molecule has 6 nitrogen and oxygen atoms in total. The van der Waals surface area contributed by atoms with Crippen LogP contribution < -0.4 is 5.32 Å². The molecule has 1 amide bonds. The molecule has 0 unspecified atom stereocenters. The molecule has 0 aliphatic carbocycles. The Balaban J connectivity index is 1.99. The largest absolute Gasteiger partial charge is 0.349 e. The van der Waals surface area contributed by atoms with Crippen molar-refractivity contribution in [3.05, 3.63) is 53.6 Å². The van der Waals surface area contributed by atoms with E-state index in [0.717, 1.165) is 5.56 Å². The lowest BCUT2D eigenvalue weighted by Gasteiger charge is -2.15. The number of fused-ring (bicyclic) bond motifs is 1. The molecule has 0 saturated heterocycles. The Labute approximate surface area is 137 Å². The zero-order chi connectivity index (χ0) is 15.8. The summed E-state index contributed by atoms with van der Waals surface area (Å²) in [7, 11) is 0. The lowest BCUT2D eigenvalue weighted by molar-refractivity contribution is 0.0925. The number of rotatable bonds is 2. The summed E-state index contributed by atoms with van der Waals surface area (Å²) in [6, 6.07) is 7.29. The molecule has 7 heteroatoms. The molecule has 1 aliphatic heterocycles. The third-order valence-electron chi connectivity index (χ3n) is 3.71. The summed E-state index contributed by atoms with van der Waals surface area (Å²) in [6.45, 7) is 1.20. The lowest BCUT2D eigenvalue weighted by atomic mass is 10.0. The van der Waals surface area contributed by atoms with Gasteiger partial charge in [0, 0.05) is 30.7 Å². The Morgan fingerprint density at radius 3 is 2.74 bits per heavy atom. The summed E-state index contributed by atoms with van der Waals surface area (Å²) in [5.74, 6) is -0.143. The fourth-order valence-electron chi connectivity index (χ4n) is 2.69. The molecule has 3 aromatic heterocycles. The Bertz CT molecular complexity index is 873. The number of carbonyl (C=O) groups excluding carboxylic acids is 1. The summed E-state index contributed by atoms with van der Waals surface area (Å²) >= 11 is 5.93. The monoisotopic (exact) mass is 325 g/mol. The molecular weight excluding hydrogens is 314 g/mol. The van der Waals surface area contributed by atoms with Crippen LogP contribution in [0.3, 0.4) is 0 Å². The number of hydrogen-bond acceptors (Lipinski definition) is 4. The number of nitrogens with one attached hydrogen (secondary N) is 1. The Hall–Kier alpha value is -2.73. The molecule has 3 aromatic rings. The number of pyridine rings is 2. The molecule has 1 N–H and O–H groups in total. The molecule has 0 radical (unpaired) electrons. The molecule has 23 heavy (non-hydrogen) atoms. The highest BCUT2D eigenvalue weighted by Gasteiger charge is 2.28. The average molecular weight is 326 g/mol. The molecule has 0 atom stereocenters. The van der Waals surface area contributed by atoms with Gasteiger partial charge >= 0.3 is 0 Å². The van der Waals surface area contributed by atoms with E-state index in [0.29, 0.717) is 40.8 Å². The molecule has 0 fully saturated rings. The van der Waals surface area contributed by atoms with Crippen LogP contribution in [0.1, 0.15) is 10.5 Å². The Morgan fingerprint density at radius 1 is 1.17 bits per heavy atom. The van der Waals surface area contributed by atoms with Crippen LogP contribution in [0.5, 0.6) is 0 Å². The van der Waals surface area contributed by atoms with E-state index in [4.69, 9.17) is 11.6 Å². The molecule has 0 spiro atoms. The van der Waals surface area contributed by atoms with E-state index in [9.17, 15) is 4.79 Å². The van der Waals surface area contributed by atoms with Crippen molar-refractivity contribution in [1.82, 2.24) is 25.1 Å². The summed E-state index contributed by atoms with van der Waals surface area (Å²) in [6.07, 6.45) is 4.97. The quantitative estimate of drug-likeness (QED) is 0.785. The predicted molar refractivity (Wildman–Crippen MR) is 86.0 cm³/mol. The van der Waals surface area contributed by atoms with E-state index in [1.54, 1.807) is 35.4 Å². The highest BCUT2D eigenvalue weighted by atomic mass is 35.5. The van der Waals surface area contributed by atoms with Crippen molar-refractivity contribution < 1.29 is 4.79 Å². The zero-order valence-corrected chi connectivity index (χ0v) is 12.8. The smallest absolute Gasteiger partial charge is 0.270 e. The van der Waals surface area contributed by atoms with Crippen molar-refractivity contribution >= 4 is 17.5 Å². The molecule has 4 heterocycles. The SMILES string of the molecule is O=C1NCCn2nc(-c3ccncc3)c(-c3ccc(Cl)cn3)c21. The number of nitrogens with zero attached hydrogens (tertiary/aromatic N) is 4. The fraction of sp³-hybridized carbons (Fsp3) is 0.125. The molecule has 1 aliphatic rings. The van der Waals surface area contributed by atoms with Crippen molar-refractivity contribution in [2.24, 2.45) is 0 Å². The first-order chi connectivity index (χ1) is 11.2. The van der Waals surface area contributed by atoms with Gasteiger partial charge in [-0.05, 0) is 24.3 Å². The highest BCUT2D eigenvalue weighted by Crippen LogP contribution is 2.34. The summed E-state index contributed by atoms with van der Waals surface area (Å²) < 4.78 is 1.74. The third kappa shape index (κ3) is 2.37. The minimum Gasteiger partial charge on any atom is -0.349 e. The van der Waals surface area contributed by atoms with Crippen LogP contribution in [-0.4, -0.2) is 32.2 Å². The zero-order valence-electron chi connectivity index (χ0n) is 12.0. The topological polar surface area (TPSA) is 72.7 Å². The summed E-state index contributed by atoms with van der Waals surface area (Å²) in [5.41, 5.74) is 3.51. The van der Waals surface area contributed by atoms with Gasteiger partial charge in [0.05, 0.1) is 22.8 Å². The van der Waals surface area contributed by atoms with E-state index in [1.807, 2.05) is 12.1 Å². The van der Waals surface area contributed by atoms with Crippen LogP contribution in [0.15, 0.2) is 42.9 Å². The van der Waals surface area contributed by atoms with Gasteiger partial charge in [0.15, 0.2) is 0 Å². The first-order valence-corrected chi connectivity index (χ1v) is 7.53. The number of halogens is 1. The minimum absolute atomic E-state index is 0.143. The maximum absolute atomic E-state index is 12.4. The Kier molecular flexibility index (Phi) is 3.31. The fourth-order valence-corrected chi connectivity index (χ4v) is 2.80. The average Bonchev–Trinajstić information content (AvgIpc) is 2.97. The van der Waals surface area contributed by atoms with Crippen LogP contribution in [0.2, 0.25) is 5.02 Å². The van der Waals surface area contributed by atoms with Crippen LogP contribution in [-0.2, 0) is 6.54 Å². The van der Waals surface area contributed by atoms with Crippen LogP contribution in [0, 0.1) is 0 Å². The first-order valence-electron chi connectivity index (χ1n) is 7.15. The summed E-state index contributed by atoms with van der Waals surface area (Å²) in [5, 5.41) is 8.03. The number of carbonyl (C=O) groups is 1. The van der Waals surface area contributed by atoms with Gasteiger partial charge in [0.1, 0.15) is 11.4 Å². The second kappa shape index (κ2) is 5.48. The number of aromatic nitrogens is 4. The standard InChI is InChI=1S/C16H12ClN5O/c17-11-1-2-12(20-9-11)13-14(10-3-5-18-6-4-10)21-22-8-7-19-16(23)15(13)22/h1-6,9H,7-8H2,(H,19,23). The van der Waals surface area contributed by atoms with Crippen molar-refractivity contribution in [2.45, 2.75) is 6.54 Å². The van der Waals surface area contributed by atoms with Gasteiger partial charge in [0.25, 0.3) is 5.91 Å². The van der Waals surface area contributed by atoms with Gasteiger partial charge < -0.3 is 5.32 Å². The predicted octanol–water partition coefficient (Wildman–Crippen LogP) is 2.40. The normalized spacial score (nSPS) is 13.5. The highest BCUT2D eigenvalue weighted by molar-refractivity contribution is 6.30. The van der Waals surface area contributed by atoms with E-state index in [2.05, 4.69) is 20.4 Å². The second-order valence-electron chi connectivity index (χ2n) is 5.15. The van der Waals surface area contributed by atoms with Gasteiger partial charge in [-0.15, -0.1) is 0 Å². The number of hydrogen-bond donors (Lipinski definition) is 1. The van der Waals surface area contributed by atoms with Crippen LogP contribution in [0.25, 0.3) is 22.5 Å². The summed E-state index contributed by atoms with van der Waals surface area (Å²) in [4.78, 5) is 20.8. The van der Waals surface area contributed by atoms with E-state index < -0.39 is 0 Å². The van der Waals surface area contributed by atoms with Gasteiger partial charge in [0.2, 0.25) is 0 Å². The van der Waals surface area contributed by atoms with Gasteiger partial charge in [-0.2, -0.15) is 5.10 Å².